The summed E-state index contributed by atoms with van der Waals surface area (Å²) in [7, 11) is 0. The van der Waals surface area contributed by atoms with E-state index in [0.29, 0.717) is 13.0 Å². The Bertz CT molecular complexity index is 306. The number of hydrogen-bond acceptors (Lipinski definition) is 2. The fourth-order valence-corrected chi connectivity index (χ4v) is 1.28. The lowest BCUT2D eigenvalue weighted by molar-refractivity contribution is -0.121. The molecule has 0 spiro atoms. The summed E-state index contributed by atoms with van der Waals surface area (Å²) in [5.74, 6) is 0.0868. The molecular weight excluding hydrogens is 190 g/mol. The van der Waals surface area contributed by atoms with Gasteiger partial charge in [-0.25, -0.2) is 0 Å². The van der Waals surface area contributed by atoms with Crippen LogP contribution in [0, 0.1) is 0 Å². The van der Waals surface area contributed by atoms with E-state index in [2.05, 4.69) is 5.32 Å². The molecule has 3 heteroatoms. The van der Waals surface area contributed by atoms with Crippen LogP contribution in [0.4, 0.5) is 0 Å². The molecule has 0 saturated heterocycles. The Morgan fingerprint density at radius 1 is 1.27 bits per heavy atom. The van der Waals surface area contributed by atoms with Gasteiger partial charge in [0.2, 0.25) is 5.91 Å². The molecule has 1 aromatic rings. The number of amides is 1. The highest BCUT2D eigenvalue weighted by atomic mass is 16.3. The van der Waals surface area contributed by atoms with Crippen molar-refractivity contribution in [3.63, 3.8) is 0 Å². The summed E-state index contributed by atoms with van der Waals surface area (Å²) in [5, 5.41) is 11.7. The molecule has 2 N–H and O–H groups in total. The molecule has 1 rings (SSSR count). The predicted octanol–water partition coefficient (Wildman–Crippen LogP) is 1.60. The minimum Gasteiger partial charge on any atom is -0.392 e. The van der Waals surface area contributed by atoms with Crippen molar-refractivity contribution in [1.82, 2.24) is 5.32 Å². The normalized spacial score (nSPS) is 10.0. The lowest BCUT2D eigenvalue weighted by atomic mass is 10.1. The van der Waals surface area contributed by atoms with Crippen LogP contribution < -0.4 is 5.32 Å². The average Bonchev–Trinajstić information content (AvgIpc) is 2.27. The summed E-state index contributed by atoms with van der Waals surface area (Å²) in [6.07, 6.45) is 1.45. The Labute approximate surface area is 90.1 Å². The van der Waals surface area contributed by atoms with Gasteiger partial charge in [-0.2, -0.15) is 0 Å². The van der Waals surface area contributed by atoms with E-state index >= 15 is 0 Å². The smallest absolute Gasteiger partial charge is 0.220 e. The van der Waals surface area contributed by atoms with E-state index in [0.717, 1.165) is 17.5 Å². The zero-order valence-corrected chi connectivity index (χ0v) is 8.99. The van der Waals surface area contributed by atoms with Crippen molar-refractivity contribution in [2.24, 2.45) is 0 Å². The van der Waals surface area contributed by atoms with Gasteiger partial charge >= 0.3 is 0 Å². The number of benzene rings is 1. The third kappa shape index (κ3) is 4.13. The Hall–Kier alpha value is -1.35. The second kappa shape index (κ2) is 6.19. The second-order valence-corrected chi connectivity index (χ2v) is 3.50. The van der Waals surface area contributed by atoms with Crippen LogP contribution in [-0.4, -0.2) is 11.0 Å². The molecule has 1 amide bonds. The molecule has 0 unspecified atom stereocenters. The molecule has 0 aliphatic heterocycles. The number of nitrogens with one attached hydrogen (secondary N) is 1. The SMILES string of the molecule is CCCC(=O)NCc1ccc(CO)cc1. The van der Waals surface area contributed by atoms with Crippen molar-refractivity contribution in [2.75, 3.05) is 0 Å². The third-order valence-electron chi connectivity index (χ3n) is 2.17. The van der Waals surface area contributed by atoms with Gasteiger partial charge in [0.05, 0.1) is 6.61 Å². The molecule has 0 radical (unpaired) electrons. The molecule has 1 aromatic carbocycles. The Kier molecular flexibility index (Phi) is 4.84. The molecule has 82 valence electrons. The Balaban J connectivity index is 2.40. The summed E-state index contributed by atoms with van der Waals surface area (Å²) < 4.78 is 0. The van der Waals surface area contributed by atoms with Gasteiger partial charge in [0.1, 0.15) is 0 Å². The quantitative estimate of drug-likeness (QED) is 0.770. The summed E-state index contributed by atoms with van der Waals surface area (Å²) in [6, 6.07) is 7.55. The molecule has 0 aliphatic carbocycles. The second-order valence-electron chi connectivity index (χ2n) is 3.50. The van der Waals surface area contributed by atoms with Gasteiger partial charge in [0.25, 0.3) is 0 Å². The molecule has 0 saturated carbocycles. The Morgan fingerprint density at radius 2 is 1.87 bits per heavy atom. The predicted molar refractivity (Wildman–Crippen MR) is 59.1 cm³/mol. The number of aliphatic hydroxyl groups is 1. The minimum absolute atomic E-state index is 0.0580. The number of hydrogen-bond donors (Lipinski definition) is 2. The molecule has 0 aromatic heterocycles. The molecule has 0 bridgehead atoms. The van der Waals surface area contributed by atoms with E-state index < -0.39 is 0 Å². The van der Waals surface area contributed by atoms with Crippen LogP contribution in [0.5, 0.6) is 0 Å². The summed E-state index contributed by atoms with van der Waals surface area (Å²) in [5.41, 5.74) is 1.94. The van der Waals surface area contributed by atoms with Crippen LogP contribution in [0.1, 0.15) is 30.9 Å². The van der Waals surface area contributed by atoms with E-state index in [1.54, 1.807) is 0 Å². The third-order valence-corrected chi connectivity index (χ3v) is 2.17. The first-order valence-electron chi connectivity index (χ1n) is 5.21. The van der Waals surface area contributed by atoms with Crippen LogP contribution in [0.2, 0.25) is 0 Å². The highest BCUT2D eigenvalue weighted by Crippen LogP contribution is 2.04. The van der Waals surface area contributed by atoms with Crippen LogP contribution in [0.15, 0.2) is 24.3 Å². The first kappa shape index (κ1) is 11.7. The molecule has 0 aliphatic rings. The molecular formula is C12H17NO2. The number of carbonyl (C=O) groups excluding carboxylic acids is 1. The highest BCUT2D eigenvalue weighted by molar-refractivity contribution is 5.75. The van der Waals surface area contributed by atoms with E-state index in [1.165, 1.54) is 0 Å². The van der Waals surface area contributed by atoms with Gasteiger partial charge in [-0.05, 0) is 17.5 Å². The zero-order chi connectivity index (χ0) is 11.1. The first-order valence-corrected chi connectivity index (χ1v) is 5.21. The summed E-state index contributed by atoms with van der Waals surface area (Å²) in [4.78, 5) is 11.2. The van der Waals surface area contributed by atoms with Gasteiger partial charge < -0.3 is 10.4 Å². The van der Waals surface area contributed by atoms with Crippen LogP contribution in [0.25, 0.3) is 0 Å². The van der Waals surface area contributed by atoms with Gasteiger partial charge in [-0.3, -0.25) is 4.79 Å². The topological polar surface area (TPSA) is 49.3 Å². The highest BCUT2D eigenvalue weighted by Gasteiger charge is 1.99. The van der Waals surface area contributed by atoms with E-state index in [4.69, 9.17) is 5.11 Å². The lowest BCUT2D eigenvalue weighted by Gasteiger charge is -2.04. The maximum Gasteiger partial charge on any atom is 0.220 e. The van der Waals surface area contributed by atoms with Gasteiger partial charge in [-0.1, -0.05) is 31.2 Å². The number of rotatable bonds is 5. The van der Waals surface area contributed by atoms with E-state index in [1.807, 2.05) is 31.2 Å². The van der Waals surface area contributed by atoms with Crippen LogP contribution >= 0.6 is 0 Å². The molecule has 0 fully saturated rings. The molecule has 0 heterocycles. The standard InChI is InChI=1S/C12H17NO2/c1-2-3-12(15)13-8-10-4-6-11(9-14)7-5-10/h4-7,14H,2-3,8-9H2,1H3,(H,13,15). The summed E-state index contributed by atoms with van der Waals surface area (Å²) in [6.45, 7) is 2.60. The fourth-order valence-electron chi connectivity index (χ4n) is 1.28. The molecule has 0 atom stereocenters. The van der Waals surface area contributed by atoms with E-state index in [9.17, 15) is 4.79 Å². The first-order chi connectivity index (χ1) is 7.26. The van der Waals surface area contributed by atoms with Gasteiger partial charge in [0, 0.05) is 13.0 Å². The van der Waals surface area contributed by atoms with Crippen molar-refractivity contribution in [1.29, 1.82) is 0 Å². The largest absolute Gasteiger partial charge is 0.392 e. The maximum absolute atomic E-state index is 11.2. The van der Waals surface area contributed by atoms with Crippen molar-refractivity contribution in [2.45, 2.75) is 32.9 Å². The number of carbonyl (C=O) groups is 1. The lowest BCUT2D eigenvalue weighted by Crippen LogP contribution is -2.21. The average molecular weight is 207 g/mol. The van der Waals surface area contributed by atoms with Gasteiger partial charge in [-0.15, -0.1) is 0 Å². The van der Waals surface area contributed by atoms with Gasteiger partial charge in [0.15, 0.2) is 0 Å². The minimum atomic E-state index is 0.0580. The van der Waals surface area contributed by atoms with E-state index in [-0.39, 0.29) is 12.5 Å². The Morgan fingerprint density at radius 3 is 2.40 bits per heavy atom. The van der Waals surface area contributed by atoms with Crippen molar-refractivity contribution in [3.05, 3.63) is 35.4 Å². The zero-order valence-electron chi connectivity index (χ0n) is 8.99. The van der Waals surface area contributed by atoms with Crippen LogP contribution in [-0.2, 0) is 17.9 Å². The molecule has 3 nitrogen and oxygen atoms in total. The van der Waals surface area contributed by atoms with Crippen molar-refractivity contribution >= 4 is 5.91 Å². The molecule has 15 heavy (non-hydrogen) atoms. The fraction of sp³-hybridized carbons (Fsp3) is 0.417. The van der Waals surface area contributed by atoms with Crippen LogP contribution in [0.3, 0.4) is 0 Å². The van der Waals surface area contributed by atoms with Crippen molar-refractivity contribution < 1.29 is 9.90 Å². The monoisotopic (exact) mass is 207 g/mol. The summed E-state index contributed by atoms with van der Waals surface area (Å²) >= 11 is 0. The number of aliphatic hydroxyl groups excluding tert-OH is 1. The van der Waals surface area contributed by atoms with Crippen molar-refractivity contribution in [3.8, 4) is 0 Å². The maximum atomic E-state index is 11.2.